The second-order valence-electron chi connectivity index (χ2n) is 5.70. The first-order valence-electron chi connectivity index (χ1n) is 7.94. The molecule has 1 heterocycles. The van der Waals surface area contributed by atoms with Gasteiger partial charge in [0.1, 0.15) is 0 Å². The molecule has 0 aliphatic rings. The lowest BCUT2D eigenvalue weighted by molar-refractivity contribution is -0.115. The van der Waals surface area contributed by atoms with Crippen LogP contribution in [0.25, 0.3) is 11.4 Å². The summed E-state index contributed by atoms with van der Waals surface area (Å²) < 4.78 is 41.7. The van der Waals surface area contributed by atoms with Crippen molar-refractivity contribution in [3.63, 3.8) is 0 Å². The molecule has 1 atom stereocenters. The van der Waals surface area contributed by atoms with Crippen molar-refractivity contribution in [2.45, 2.75) is 17.3 Å². The molecule has 9 heteroatoms. The van der Waals surface area contributed by atoms with Gasteiger partial charge < -0.3 is 9.88 Å². The minimum atomic E-state index is -1.63. The number of amides is 1. The fourth-order valence-corrected chi connectivity index (χ4v) is 3.14. The minimum absolute atomic E-state index is 0.422. The normalized spacial score (nSPS) is 12.0. The number of halogens is 3. The highest BCUT2D eigenvalue weighted by Gasteiger charge is 2.22. The molecule has 0 radical (unpaired) electrons. The average molecular weight is 392 g/mol. The van der Waals surface area contributed by atoms with E-state index in [-0.39, 0.29) is 0 Å². The number of thioether (sulfide) groups is 1. The van der Waals surface area contributed by atoms with Gasteiger partial charge in [-0.15, -0.1) is 10.2 Å². The van der Waals surface area contributed by atoms with Gasteiger partial charge in [-0.05, 0) is 19.1 Å². The molecule has 27 heavy (non-hydrogen) atoms. The molecule has 0 bridgehead atoms. The maximum Gasteiger partial charge on any atom is 0.237 e. The van der Waals surface area contributed by atoms with Gasteiger partial charge in [-0.2, -0.15) is 0 Å². The lowest BCUT2D eigenvalue weighted by Gasteiger charge is -2.12. The maximum atomic E-state index is 13.7. The summed E-state index contributed by atoms with van der Waals surface area (Å²) in [6, 6.07) is 11.1. The number of benzene rings is 2. The molecule has 0 spiro atoms. The summed E-state index contributed by atoms with van der Waals surface area (Å²) in [5, 5.41) is 10.3. The average Bonchev–Trinajstić information content (AvgIpc) is 3.03. The van der Waals surface area contributed by atoms with Gasteiger partial charge in [0.05, 0.1) is 10.9 Å². The minimum Gasteiger partial charge on any atom is -0.323 e. The van der Waals surface area contributed by atoms with Gasteiger partial charge in [0, 0.05) is 12.6 Å². The number of anilines is 1. The van der Waals surface area contributed by atoms with Crippen LogP contribution in [0.4, 0.5) is 18.9 Å². The molecule has 0 fully saturated rings. The van der Waals surface area contributed by atoms with Crippen LogP contribution in [0.2, 0.25) is 0 Å². The molecule has 5 nitrogen and oxygen atoms in total. The lowest BCUT2D eigenvalue weighted by Crippen LogP contribution is -2.23. The summed E-state index contributed by atoms with van der Waals surface area (Å²) in [7, 11) is 1.77. The molecule has 3 aromatic rings. The van der Waals surface area contributed by atoms with Crippen molar-refractivity contribution in [2.24, 2.45) is 7.05 Å². The van der Waals surface area contributed by atoms with Crippen molar-refractivity contribution in [2.75, 3.05) is 5.32 Å². The molecular formula is C18H15F3N4OS. The lowest BCUT2D eigenvalue weighted by atomic mass is 10.2. The molecule has 0 saturated heterocycles. The van der Waals surface area contributed by atoms with E-state index in [4.69, 9.17) is 0 Å². The van der Waals surface area contributed by atoms with Gasteiger partial charge in [0.25, 0.3) is 0 Å². The molecular weight excluding hydrogens is 377 g/mol. The zero-order valence-electron chi connectivity index (χ0n) is 14.4. The van der Waals surface area contributed by atoms with E-state index in [1.807, 2.05) is 30.3 Å². The van der Waals surface area contributed by atoms with Crippen LogP contribution >= 0.6 is 11.8 Å². The first-order valence-corrected chi connectivity index (χ1v) is 8.82. The Balaban J connectivity index is 1.72. The standard InChI is InChI=1S/C18H15F3N4OS/c1-10(17(26)22-13-9-8-12(19)14(20)15(13)21)27-18-24-23-16(25(18)2)11-6-4-3-5-7-11/h3-10H,1-2H3,(H,22,26)/t10-/m0/s1. The third kappa shape index (κ3) is 3.97. The van der Waals surface area contributed by atoms with E-state index in [0.717, 1.165) is 29.5 Å². The Morgan fingerprint density at radius 3 is 2.48 bits per heavy atom. The zero-order valence-corrected chi connectivity index (χ0v) is 15.2. The van der Waals surface area contributed by atoms with Gasteiger partial charge in [0.2, 0.25) is 5.91 Å². The highest BCUT2D eigenvalue weighted by atomic mass is 32.2. The van der Waals surface area contributed by atoms with Crippen LogP contribution < -0.4 is 5.32 Å². The Labute approximate surface area is 157 Å². The molecule has 1 N–H and O–H groups in total. The van der Waals surface area contributed by atoms with E-state index < -0.39 is 34.3 Å². The van der Waals surface area contributed by atoms with E-state index in [2.05, 4.69) is 15.5 Å². The van der Waals surface area contributed by atoms with E-state index in [1.165, 1.54) is 0 Å². The smallest absolute Gasteiger partial charge is 0.237 e. The van der Waals surface area contributed by atoms with Crippen molar-refractivity contribution in [1.29, 1.82) is 0 Å². The number of carbonyl (C=O) groups excluding carboxylic acids is 1. The van der Waals surface area contributed by atoms with Crippen LogP contribution in [0.1, 0.15) is 6.92 Å². The predicted molar refractivity (Wildman–Crippen MR) is 96.7 cm³/mol. The quantitative estimate of drug-likeness (QED) is 0.526. The first kappa shape index (κ1) is 19.0. The van der Waals surface area contributed by atoms with Crippen LogP contribution in [0.15, 0.2) is 47.6 Å². The SMILES string of the molecule is C[C@H](Sc1nnc(-c2ccccc2)n1C)C(=O)Nc1ccc(F)c(F)c1F. The molecule has 3 rings (SSSR count). The Bertz CT molecular complexity index is 978. The number of aromatic nitrogens is 3. The van der Waals surface area contributed by atoms with E-state index in [9.17, 15) is 18.0 Å². The van der Waals surface area contributed by atoms with Crippen molar-refractivity contribution < 1.29 is 18.0 Å². The summed E-state index contributed by atoms with van der Waals surface area (Å²) in [6.07, 6.45) is 0. The monoisotopic (exact) mass is 392 g/mol. The predicted octanol–water partition coefficient (Wildman–Crippen LogP) is 4.02. The molecule has 0 saturated carbocycles. The summed E-state index contributed by atoms with van der Waals surface area (Å²) in [5.74, 6) is -4.33. The Kier molecular flexibility index (Phi) is 5.50. The second kappa shape index (κ2) is 7.83. The van der Waals surface area contributed by atoms with E-state index in [1.54, 1.807) is 18.5 Å². The third-order valence-electron chi connectivity index (χ3n) is 3.81. The molecule has 0 aliphatic carbocycles. The van der Waals surface area contributed by atoms with Crippen LogP contribution in [0, 0.1) is 17.5 Å². The highest BCUT2D eigenvalue weighted by molar-refractivity contribution is 8.00. The number of rotatable bonds is 5. The number of hydrogen-bond acceptors (Lipinski definition) is 4. The van der Waals surface area contributed by atoms with Crippen LogP contribution in [-0.4, -0.2) is 25.9 Å². The Hall–Kier alpha value is -2.81. The zero-order chi connectivity index (χ0) is 19.6. The number of nitrogens with zero attached hydrogens (tertiary/aromatic N) is 3. The van der Waals surface area contributed by atoms with Crippen molar-refractivity contribution >= 4 is 23.4 Å². The second-order valence-corrected chi connectivity index (χ2v) is 7.01. The molecule has 0 aliphatic heterocycles. The highest BCUT2D eigenvalue weighted by Crippen LogP contribution is 2.27. The fourth-order valence-electron chi connectivity index (χ4n) is 2.32. The topological polar surface area (TPSA) is 59.8 Å². The molecule has 140 valence electrons. The first-order chi connectivity index (χ1) is 12.9. The summed E-state index contributed by atoms with van der Waals surface area (Å²) >= 11 is 1.11. The molecule has 1 amide bonds. The number of hydrogen-bond donors (Lipinski definition) is 1. The number of carbonyl (C=O) groups is 1. The van der Waals surface area contributed by atoms with Gasteiger partial charge in [0.15, 0.2) is 28.4 Å². The molecule has 0 unspecified atom stereocenters. The Morgan fingerprint density at radius 1 is 1.07 bits per heavy atom. The Morgan fingerprint density at radius 2 is 1.78 bits per heavy atom. The van der Waals surface area contributed by atoms with Gasteiger partial charge in [-0.25, -0.2) is 13.2 Å². The van der Waals surface area contributed by atoms with Crippen molar-refractivity contribution in [1.82, 2.24) is 14.8 Å². The van der Waals surface area contributed by atoms with Crippen LogP contribution in [0.5, 0.6) is 0 Å². The summed E-state index contributed by atoms with van der Waals surface area (Å²) in [5.41, 5.74) is 0.453. The van der Waals surface area contributed by atoms with Gasteiger partial charge >= 0.3 is 0 Å². The van der Waals surface area contributed by atoms with E-state index in [0.29, 0.717) is 11.0 Å². The summed E-state index contributed by atoms with van der Waals surface area (Å²) in [6.45, 7) is 1.59. The largest absolute Gasteiger partial charge is 0.323 e. The van der Waals surface area contributed by atoms with Crippen molar-refractivity contribution in [3.05, 3.63) is 59.9 Å². The fraction of sp³-hybridized carbons (Fsp3) is 0.167. The van der Waals surface area contributed by atoms with Crippen molar-refractivity contribution in [3.8, 4) is 11.4 Å². The van der Waals surface area contributed by atoms with E-state index >= 15 is 0 Å². The molecule has 1 aromatic heterocycles. The van der Waals surface area contributed by atoms with Crippen LogP contribution in [0.3, 0.4) is 0 Å². The maximum absolute atomic E-state index is 13.7. The van der Waals surface area contributed by atoms with Crippen LogP contribution in [-0.2, 0) is 11.8 Å². The summed E-state index contributed by atoms with van der Waals surface area (Å²) in [4.78, 5) is 12.3. The number of nitrogens with one attached hydrogen (secondary N) is 1. The van der Waals surface area contributed by atoms with Gasteiger partial charge in [-0.3, -0.25) is 4.79 Å². The molecule has 2 aromatic carbocycles. The van der Waals surface area contributed by atoms with Gasteiger partial charge in [-0.1, -0.05) is 42.1 Å². The third-order valence-corrected chi connectivity index (χ3v) is 4.95.